The van der Waals surface area contributed by atoms with Gasteiger partial charge in [0.25, 0.3) is 0 Å². The number of benzene rings is 1. The molecule has 0 saturated heterocycles. The summed E-state index contributed by atoms with van der Waals surface area (Å²) in [7, 11) is 1.62. The first-order valence-electron chi connectivity index (χ1n) is 4.19. The minimum atomic E-state index is 0.574. The minimum Gasteiger partial charge on any atom is -0.496 e. The van der Waals surface area contributed by atoms with Crippen LogP contribution >= 0.6 is 0 Å². The molecule has 0 unspecified atom stereocenters. The average molecular weight is 187 g/mol. The van der Waals surface area contributed by atoms with Crippen molar-refractivity contribution in [2.75, 3.05) is 7.11 Å². The van der Waals surface area contributed by atoms with Crippen molar-refractivity contribution in [3.8, 4) is 17.1 Å². The number of methoxy groups -OCH3 is 1. The summed E-state index contributed by atoms with van der Waals surface area (Å²) in [6.07, 6.45) is 3.15. The zero-order valence-corrected chi connectivity index (χ0v) is 7.71. The lowest BCUT2D eigenvalue weighted by molar-refractivity contribution is 0.416. The molecule has 70 valence electrons. The molecule has 2 aromatic rings. The van der Waals surface area contributed by atoms with E-state index in [4.69, 9.17) is 4.74 Å². The molecule has 0 N–H and O–H groups in total. The molecular weight excluding hydrogens is 178 g/mol. The van der Waals surface area contributed by atoms with Crippen molar-refractivity contribution in [1.29, 1.82) is 0 Å². The van der Waals surface area contributed by atoms with Crippen molar-refractivity contribution in [2.45, 2.75) is 0 Å². The van der Waals surface area contributed by atoms with Crippen LogP contribution in [0.25, 0.3) is 11.4 Å². The van der Waals surface area contributed by atoms with E-state index in [0.29, 0.717) is 5.82 Å². The molecule has 0 aliphatic heterocycles. The van der Waals surface area contributed by atoms with Crippen molar-refractivity contribution in [3.05, 3.63) is 36.7 Å². The first-order valence-corrected chi connectivity index (χ1v) is 4.19. The Kier molecular flexibility index (Phi) is 2.36. The zero-order chi connectivity index (χ0) is 9.80. The van der Waals surface area contributed by atoms with Crippen molar-refractivity contribution in [2.24, 2.45) is 0 Å². The van der Waals surface area contributed by atoms with E-state index < -0.39 is 0 Å². The van der Waals surface area contributed by atoms with E-state index in [9.17, 15) is 0 Å². The maximum Gasteiger partial charge on any atom is 0.185 e. The summed E-state index contributed by atoms with van der Waals surface area (Å²) in [6, 6.07) is 7.58. The molecule has 2 rings (SSSR count). The number of para-hydroxylation sites is 1. The second-order valence-corrected chi connectivity index (χ2v) is 2.67. The van der Waals surface area contributed by atoms with Gasteiger partial charge in [-0.1, -0.05) is 12.1 Å². The van der Waals surface area contributed by atoms with Gasteiger partial charge in [-0.15, -0.1) is 5.10 Å². The van der Waals surface area contributed by atoms with Gasteiger partial charge in [-0.2, -0.15) is 5.10 Å². The van der Waals surface area contributed by atoms with Crippen LogP contribution in [0.5, 0.6) is 5.75 Å². The van der Waals surface area contributed by atoms with Gasteiger partial charge in [0.15, 0.2) is 5.82 Å². The molecule has 0 saturated carbocycles. The Labute approximate surface area is 81.6 Å². The van der Waals surface area contributed by atoms with Gasteiger partial charge in [-0.3, -0.25) is 0 Å². The smallest absolute Gasteiger partial charge is 0.185 e. The summed E-state index contributed by atoms with van der Waals surface area (Å²) in [5, 5.41) is 7.68. The van der Waals surface area contributed by atoms with E-state index in [1.54, 1.807) is 19.5 Å². The van der Waals surface area contributed by atoms with Crippen LogP contribution in [0.4, 0.5) is 0 Å². The molecule has 0 spiro atoms. The average Bonchev–Trinajstić information content (AvgIpc) is 2.30. The summed E-state index contributed by atoms with van der Waals surface area (Å²) in [5.41, 5.74) is 0.850. The monoisotopic (exact) mass is 187 g/mol. The Morgan fingerprint density at radius 2 is 2.00 bits per heavy atom. The molecular formula is C10H9N3O. The van der Waals surface area contributed by atoms with Crippen LogP contribution < -0.4 is 4.74 Å². The van der Waals surface area contributed by atoms with Crippen LogP contribution in [0.3, 0.4) is 0 Å². The van der Waals surface area contributed by atoms with Crippen LogP contribution in [0.1, 0.15) is 0 Å². The molecule has 1 aromatic carbocycles. The first-order chi connectivity index (χ1) is 6.92. The highest BCUT2D eigenvalue weighted by Gasteiger charge is 2.06. The SMILES string of the molecule is COc1ccccc1-c1nccnn1. The van der Waals surface area contributed by atoms with Gasteiger partial charge in [-0.25, -0.2) is 4.98 Å². The Bertz CT molecular complexity index is 417. The fraction of sp³-hybridized carbons (Fsp3) is 0.100. The molecule has 1 aromatic heterocycles. The Hall–Kier alpha value is -1.97. The van der Waals surface area contributed by atoms with Crippen LogP contribution in [0.15, 0.2) is 36.7 Å². The molecule has 0 aliphatic rings. The van der Waals surface area contributed by atoms with Crippen LogP contribution in [0.2, 0.25) is 0 Å². The number of rotatable bonds is 2. The molecule has 4 heteroatoms. The number of ether oxygens (including phenoxy) is 1. The Morgan fingerprint density at radius 3 is 2.71 bits per heavy atom. The summed E-state index contributed by atoms with van der Waals surface area (Å²) in [6.45, 7) is 0. The Balaban J connectivity index is 2.51. The van der Waals surface area contributed by atoms with Gasteiger partial charge in [0.1, 0.15) is 5.75 Å². The van der Waals surface area contributed by atoms with E-state index in [-0.39, 0.29) is 0 Å². The number of aromatic nitrogens is 3. The quantitative estimate of drug-likeness (QED) is 0.715. The highest BCUT2D eigenvalue weighted by molar-refractivity contribution is 5.63. The summed E-state index contributed by atoms with van der Waals surface area (Å²) >= 11 is 0. The molecule has 14 heavy (non-hydrogen) atoms. The Morgan fingerprint density at radius 1 is 1.14 bits per heavy atom. The third-order valence-electron chi connectivity index (χ3n) is 1.83. The summed E-state index contributed by atoms with van der Waals surface area (Å²) in [5.74, 6) is 1.32. The van der Waals surface area contributed by atoms with Gasteiger partial charge in [0.2, 0.25) is 0 Å². The minimum absolute atomic E-state index is 0.574. The second-order valence-electron chi connectivity index (χ2n) is 2.67. The summed E-state index contributed by atoms with van der Waals surface area (Å²) < 4.78 is 5.19. The predicted octanol–water partition coefficient (Wildman–Crippen LogP) is 1.55. The fourth-order valence-corrected chi connectivity index (χ4v) is 1.20. The van der Waals surface area contributed by atoms with E-state index in [1.165, 1.54) is 0 Å². The second kappa shape index (κ2) is 3.83. The van der Waals surface area contributed by atoms with Crippen molar-refractivity contribution < 1.29 is 4.74 Å². The molecule has 1 heterocycles. The van der Waals surface area contributed by atoms with E-state index in [0.717, 1.165) is 11.3 Å². The highest BCUT2D eigenvalue weighted by atomic mass is 16.5. The van der Waals surface area contributed by atoms with E-state index >= 15 is 0 Å². The van der Waals surface area contributed by atoms with Crippen LogP contribution in [-0.4, -0.2) is 22.3 Å². The number of nitrogens with zero attached hydrogens (tertiary/aromatic N) is 3. The van der Waals surface area contributed by atoms with Crippen molar-refractivity contribution in [1.82, 2.24) is 15.2 Å². The molecule has 4 nitrogen and oxygen atoms in total. The van der Waals surface area contributed by atoms with Crippen molar-refractivity contribution >= 4 is 0 Å². The molecule has 0 bridgehead atoms. The van der Waals surface area contributed by atoms with Gasteiger partial charge < -0.3 is 4.74 Å². The highest BCUT2D eigenvalue weighted by Crippen LogP contribution is 2.25. The van der Waals surface area contributed by atoms with Gasteiger partial charge in [0.05, 0.1) is 18.9 Å². The first kappa shape index (κ1) is 8.62. The maximum atomic E-state index is 5.19. The maximum absolute atomic E-state index is 5.19. The number of hydrogen-bond donors (Lipinski definition) is 0. The lowest BCUT2D eigenvalue weighted by atomic mass is 10.2. The lowest BCUT2D eigenvalue weighted by Gasteiger charge is -2.04. The summed E-state index contributed by atoms with van der Waals surface area (Å²) in [4.78, 5) is 4.10. The third kappa shape index (κ3) is 1.54. The molecule has 0 aliphatic carbocycles. The topological polar surface area (TPSA) is 47.9 Å². The van der Waals surface area contributed by atoms with Crippen molar-refractivity contribution in [3.63, 3.8) is 0 Å². The normalized spacial score (nSPS) is 9.79. The third-order valence-corrected chi connectivity index (χ3v) is 1.83. The molecule has 0 amide bonds. The van der Waals surface area contributed by atoms with Crippen LogP contribution in [0, 0.1) is 0 Å². The molecule has 0 fully saturated rings. The zero-order valence-electron chi connectivity index (χ0n) is 7.71. The molecule has 0 atom stereocenters. The molecule has 0 radical (unpaired) electrons. The largest absolute Gasteiger partial charge is 0.496 e. The lowest BCUT2D eigenvalue weighted by Crippen LogP contribution is -1.93. The standard InChI is InChI=1S/C10H9N3O/c1-14-9-5-3-2-4-8(9)10-11-6-7-12-13-10/h2-7H,1H3. The number of hydrogen-bond acceptors (Lipinski definition) is 4. The van der Waals surface area contributed by atoms with Gasteiger partial charge in [-0.05, 0) is 12.1 Å². The van der Waals surface area contributed by atoms with E-state index in [1.807, 2.05) is 24.3 Å². The predicted molar refractivity (Wildman–Crippen MR) is 51.8 cm³/mol. The van der Waals surface area contributed by atoms with E-state index in [2.05, 4.69) is 15.2 Å². The van der Waals surface area contributed by atoms with Gasteiger partial charge >= 0.3 is 0 Å². The van der Waals surface area contributed by atoms with Gasteiger partial charge in [0, 0.05) is 6.20 Å². The van der Waals surface area contributed by atoms with Crippen LogP contribution in [-0.2, 0) is 0 Å². The fourth-order valence-electron chi connectivity index (χ4n) is 1.20.